The minimum Gasteiger partial charge on any atom is -0.464 e. The zero-order valence-electron chi connectivity index (χ0n) is 46.5. The molecule has 9 aliphatic rings. The fourth-order valence-electron chi connectivity index (χ4n) is 14.0. The van der Waals surface area contributed by atoms with Crippen LogP contribution in [0.25, 0.3) is 33.6 Å². The van der Waals surface area contributed by atoms with Gasteiger partial charge in [-0.25, -0.2) is 20.4 Å². The Morgan fingerprint density at radius 2 is 1.75 bits per heavy atom. The van der Waals surface area contributed by atoms with Gasteiger partial charge in [-0.05, 0) is 126 Å². The first-order chi connectivity index (χ1) is 38.4. The molecule has 14 rings (SSSR count). The highest BCUT2D eigenvalue weighted by Crippen LogP contribution is 2.53. The number of amides is 2. The number of pyridine rings is 1. The molecule has 1 aromatic carbocycles. The Bertz CT molecular complexity index is 3040. The van der Waals surface area contributed by atoms with Gasteiger partial charge in [-0.1, -0.05) is 20.8 Å². The van der Waals surface area contributed by atoms with Gasteiger partial charge in [0.2, 0.25) is 11.8 Å². The van der Waals surface area contributed by atoms with E-state index in [9.17, 15) is 9.59 Å². The fourth-order valence-corrected chi connectivity index (χ4v) is 14.0. The molecular weight excluding hydrogens is 1000 g/mol. The molecule has 0 unspecified atom stereocenters. The first-order valence-electron chi connectivity index (χ1n) is 29.3. The molecule has 5 aromatic rings. The number of aromatic nitrogens is 5. The summed E-state index contributed by atoms with van der Waals surface area (Å²) in [6.07, 6.45) is 14.7. The molecule has 19 heteroatoms. The van der Waals surface area contributed by atoms with E-state index in [0.29, 0.717) is 70.3 Å². The first-order valence-corrected chi connectivity index (χ1v) is 29.3. The number of methoxy groups -OCH3 is 1. The second-order valence-electron chi connectivity index (χ2n) is 24.6. The molecule has 3 aliphatic carbocycles. The number of cyclic esters (lactones) is 1. The standard InChI is InChI=1S/C60H77N11O8/c1-35-49(46-12-15-61-34-63-46)50(35)56(72)65-53-55(69-16-6-7-17-69)47-32-78-57(64-47)37-8-11-48-43(28-37)45(30-60(3,4)33-79-59(74)52-38-26-40(27-38)71(66-52)58(53)73)54(70(48)22-25-77-42-13-23-76-24-14-42)44-29-41(31-62-51(44)36(2)75-5)68-20-18-67(19-21-68)39-9-10-39/h8,11-12,15,28-29,31-32,34-36,38-40,42,49-50,52-53,55,66H,6-7,9-10,13-14,16-27,30,33H2,1-5H3,(H,65,72)/t35-,36-,38?,40?,49-,50+,52-,53-,55+/m0/s1. The van der Waals surface area contributed by atoms with Gasteiger partial charge in [-0.15, -0.1) is 0 Å². The smallest absolute Gasteiger partial charge is 0.325 e. The molecule has 8 bridgehead atoms. The third kappa shape index (κ3) is 10.3. The number of benzene rings is 1. The zero-order chi connectivity index (χ0) is 54.1. The molecule has 2 amide bonds. The maximum Gasteiger partial charge on any atom is 0.325 e. The fraction of sp³-hybridized carbons (Fsp3) is 0.617. The van der Waals surface area contributed by atoms with Gasteiger partial charge in [0, 0.05) is 116 Å². The Labute approximate surface area is 462 Å². The van der Waals surface area contributed by atoms with E-state index in [1.54, 1.807) is 24.6 Å². The highest BCUT2D eigenvalue weighted by Gasteiger charge is 2.56. The number of piperazine rings is 1. The lowest BCUT2D eigenvalue weighted by Gasteiger charge is -2.53. The van der Waals surface area contributed by atoms with Gasteiger partial charge in [0.15, 0.2) is 0 Å². The Hall–Kier alpha value is -5.83. The summed E-state index contributed by atoms with van der Waals surface area (Å²) >= 11 is 0. The lowest BCUT2D eigenvalue weighted by atomic mass is 9.73. The van der Waals surface area contributed by atoms with E-state index in [1.807, 2.05) is 19.2 Å². The molecule has 420 valence electrons. The minimum atomic E-state index is -1.06. The van der Waals surface area contributed by atoms with Crippen molar-refractivity contribution in [2.75, 3.05) is 77.7 Å². The molecule has 2 N–H and O–H groups in total. The van der Waals surface area contributed by atoms with Gasteiger partial charge in [-0.3, -0.25) is 34.2 Å². The number of carbonyl (C=O) groups is 3. The summed E-state index contributed by atoms with van der Waals surface area (Å²) in [6.45, 7) is 16.3. The van der Waals surface area contributed by atoms with Crippen LogP contribution in [0.2, 0.25) is 0 Å². The monoisotopic (exact) mass is 1080 g/mol. The number of rotatable bonds is 13. The van der Waals surface area contributed by atoms with Crippen LogP contribution < -0.4 is 15.6 Å². The summed E-state index contributed by atoms with van der Waals surface area (Å²) in [4.78, 5) is 71.5. The Morgan fingerprint density at radius 1 is 0.949 bits per heavy atom. The van der Waals surface area contributed by atoms with E-state index in [1.165, 1.54) is 19.2 Å². The average molecular weight is 1080 g/mol. The number of ether oxygens (including phenoxy) is 4. The van der Waals surface area contributed by atoms with E-state index in [-0.39, 0.29) is 54.4 Å². The topological polar surface area (TPSA) is 195 Å². The van der Waals surface area contributed by atoms with Gasteiger partial charge in [0.1, 0.15) is 24.7 Å². The van der Waals surface area contributed by atoms with Crippen molar-refractivity contribution >= 4 is 34.4 Å². The number of likely N-dealkylation sites (tertiary alicyclic amines) is 1. The van der Waals surface area contributed by atoms with Crippen molar-refractivity contribution < 1.29 is 37.7 Å². The second kappa shape index (κ2) is 21.6. The largest absolute Gasteiger partial charge is 0.464 e. The molecule has 3 saturated carbocycles. The number of nitrogens with one attached hydrogen (secondary N) is 2. The van der Waals surface area contributed by atoms with Crippen molar-refractivity contribution in [2.45, 2.75) is 140 Å². The predicted octanol–water partition coefficient (Wildman–Crippen LogP) is 6.63. The van der Waals surface area contributed by atoms with Gasteiger partial charge in [0.05, 0.1) is 60.4 Å². The SMILES string of the molecule is CO[C@@H](C)c1ncc(N2CCN(C3CC3)CC2)cc1-c1c2c3cc(ccc3n1CCOC1CCOCC1)-c1nc(co1)[C@@H](N1CCCC1)[C@H](NC(=O)[C@@H]1[C@@H](C)[C@H]1c1ccncn1)C(=O)N1N[C@H](C(=O)OCC(C)(C)C2)C2CC1C2. The van der Waals surface area contributed by atoms with Crippen LogP contribution in [0, 0.1) is 23.2 Å². The molecule has 0 spiro atoms. The van der Waals surface area contributed by atoms with E-state index >= 15 is 4.79 Å². The predicted molar refractivity (Wildman–Crippen MR) is 294 cm³/mol. The van der Waals surface area contributed by atoms with Gasteiger partial charge < -0.3 is 38.1 Å². The third-order valence-corrected chi connectivity index (χ3v) is 18.8. The molecule has 0 radical (unpaired) electrons. The molecule has 10 heterocycles. The first kappa shape index (κ1) is 52.5. The van der Waals surface area contributed by atoms with Crippen LogP contribution in [-0.2, 0) is 46.3 Å². The number of hydrogen-bond donors (Lipinski definition) is 2. The van der Waals surface area contributed by atoms with Gasteiger partial charge in [-0.2, -0.15) is 0 Å². The molecule has 5 saturated heterocycles. The molecular formula is C60H77N11O8. The Kier molecular flexibility index (Phi) is 14.3. The average Bonchev–Trinajstić information content (AvgIpc) is 4.46. The number of nitrogens with zero attached hydrogens (tertiary/aromatic N) is 9. The van der Waals surface area contributed by atoms with Crippen LogP contribution in [0.3, 0.4) is 0 Å². The highest BCUT2D eigenvalue weighted by atomic mass is 16.5. The Balaban J connectivity index is 0.944. The third-order valence-electron chi connectivity index (χ3n) is 18.8. The van der Waals surface area contributed by atoms with Crippen molar-refractivity contribution in [3.8, 4) is 22.7 Å². The normalized spacial score (nSPS) is 29.0. The van der Waals surface area contributed by atoms with Crippen molar-refractivity contribution in [2.24, 2.45) is 23.2 Å². The summed E-state index contributed by atoms with van der Waals surface area (Å²) in [6, 6.07) is 8.69. The summed E-state index contributed by atoms with van der Waals surface area (Å²) in [5, 5.41) is 5.95. The van der Waals surface area contributed by atoms with Crippen molar-refractivity contribution in [3.63, 3.8) is 0 Å². The van der Waals surface area contributed by atoms with Crippen LogP contribution in [0.5, 0.6) is 0 Å². The number of fused-ring (bicyclic) bond motifs is 4. The summed E-state index contributed by atoms with van der Waals surface area (Å²) < 4.78 is 34.0. The molecule has 4 aromatic heterocycles. The van der Waals surface area contributed by atoms with Crippen molar-refractivity contribution in [1.29, 1.82) is 0 Å². The minimum absolute atomic E-state index is 0.000667. The zero-order valence-corrected chi connectivity index (χ0v) is 46.5. The van der Waals surface area contributed by atoms with Crippen LogP contribution >= 0.6 is 0 Å². The van der Waals surface area contributed by atoms with E-state index in [4.69, 9.17) is 33.3 Å². The number of carbonyl (C=O) groups excluding carboxylic acids is 3. The molecule has 19 nitrogen and oxygen atoms in total. The molecule has 7 atom stereocenters. The van der Waals surface area contributed by atoms with Crippen LogP contribution in [0.1, 0.15) is 120 Å². The summed E-state index contributed by atoms with van der Waals surface area (Å²) in [7, 11) is 1.74. The van der Waals surface area contributed by atoms with Crippen LogP contribution in [0.4, 0.5) is 5.69 Å². The second-order valence-corrected chi connectivity index (χ2v) is 24.6. The maximum atomic E-state index is 15.5. The van der Waals surface area contributed by atoms with E-state index < -0.39 is 35.4 Å². The lowest BCUT2D eigenvalue weighted by Crippen LogP contribution is -2.72. The van der Waals surface area contributed by atoms with Crippen LogP contribution in [0.15, 0.2) is 59.7 Å². The number of oxazole rings is 1. The Morgan fingerprint density at radius 3 is 2.49 bits per heavy atom. The molecule has 79 heavy (non-hydrogen) atoms. The van der Waals surface area contributed by atoms with Crippen molar-refractivity contribution in [1.82, 2.24) is 50.1 Å². The number of esters is 1. The van der Waals surface area contributed by atoms with E-state index in [2.05, 4.69) is 85.0 Å². The number of hydrogen-bond acceptors (Lipinski definition) is 16. The quantitative estimate of drug-likeness (QED) is 0.119. The van der Waals surface area contributed by atoms with Gasteiger partial charge in [0.25, 0.3) is 5.91 Å². The number of hydrazine groups is 1. The van der Waals surface area contributed by atoms with Gasteiger partial charge >= 0.3 is 5.97 Å². The maximum absolute atomic E-state index is 15.5. The van der Waals surface area contributed by atoms with Crippen molar-refractivity contribution in [3.05, 3.63) is 78.0 Å². The summed E-state index contributed by atoms with van der Waals surface area (Å²) in [5.41, 5.74) is 11.0. The lowest BCUT2D eigenvalue weighted by molar-refractivity contribution is -0.172. The number of anilines is 1. The van der Waals surface area contributed by atoms with E-state index in [0.717, 1.165) is 108 Å². The molecule has 6 aliphatic heterocycles. The summed E-state index contributed by atoms with van der Waals surface area (Å²) in [5.74, 6) is -1.00. The van der Waals surface area contributed by atoms with Crippen LogP contribution in [-0.4, -0.2) is 160 Å². The molecule has 8 fully saturated rings. The highest BCUT2D eigenvalue weighted by molar-refractivity contribution is 5.95.